The zero-order valence-electron chi connectivity index (χ0n) is 8.59. The Morgan fingerprint density at radius 3 is 2.94 bits per heavy atom. The lowest BCUT2D eigenvalue weighted by Crippen LogP contribution is -2.12. The lowest BCUT2D eigenvalue weighted by atomic mass is 10.2. The number of carbonyl (C=O) groups excluding carboxylic acids is 1. The third-order valence-electron chi connectivity index (χ3n) is 1.99. The molecule has 2 aromatic heterocycles. The Bertz CT molecular complexity index is 560. The topological polar surface area (TPSA) is 75.1 Å². The van der Waals surface area contributed by atoms with Crippen molar-refractivity contribution >= 4 is 23.2 Å². The highest BCUT2D eigenvalue weighted by Crippen LogP contribution is 2.18. The Hall–Kier alpha value is -2.14. The van der Waals surface area contributed by atoms with Gasteiger partial charge in [0, 0.05) is 12.4 Å². The number of pyridine rings is 2. The summed E-state index contributed by atoms with van der Waals surface area (Å²) >= 11 is 5.80. The van der Waals surface area contributed by atoms with Gasteiger partial charge in [0.2, 0.25) is 0 Å². The first kappa shape index (κ1) is 11.3. The van der Waals surface area contributed by atoms with Crippen molar-refractivity contribution in [1.29, 1.82) is 0 Å². The van der Waals surface area contributed by atoms with Gasteiger partial charge in [-0.2, -0.15) is 0 Å². The molecule has 2 aromatic rings. The standard InChI is InChI=1S/C11H8ClN3O2/c12-10-9(2-1-3-14-10)15-11(17)7-4-8(16)6-13-5-7/h1-6,16H,(H,15,17). The van der Waals surface area contributed by atoms with E-state index in [1.165, 1.54) is 24.7 Å². The lowest BCUT2D eigenvalue weighted by molar-refractivity contribution is 0.102. The van der Waals surface area contributed by atoms with Crippen LogP contribution in [0.15, 0.2) is 36.8 Å². The molecule has 2 N–H and O–H groups in total. The summed E-state index contributed by atoms with van der Waals surface area (Å²) in [5.41, 5.74) is 0.646. The Labute approximate surface area is 102 Å². The first-order valence-electron chi connectivity index (χ1n) is 4.72. The van der Waals surface area contributed by atoms with Crippen molar-refractivity contribution in [3.8, 4) is 5.75 Å². The zero-order valence-corrected chi connectivity index (χ0v) is 9.35. The van der Waals surface area contributed by atoms with Crippen molar-refractivity contribution in [3.05, 3.63) is 47.5 Å². The van der Waals surface area contributed by atoms with Crippen LogP contribution in [0, 0.1) is 0 Å². The van der Waals surface area contributed by atoms with E-state index in [9.17, 15) is 9.90 Å². The number of carbonyl (C=O) groups is 1. The van der Waals surface area contributed by atoms with Crippen molar-refractivity contribution in [3.63, 3.8) is 0 Å². The van der Waals surface area contributed by atoms with Crippen LogP contribution in [0.5, 0.6) is 5.75 Å². The van der Waals surface area contributed by atoms with E-state index in [0.717, 1.165) is 0 Å². The minimum Gasteiger partial charge on any atom is -0.506 e. The van der Waals surface area contributed by atoms with E-state index in [2.05, 4.69) is 15.3 Å². The minimum absolute atomic E-state index is 0.0741. The third kappa shape index (κ3) is 2.70. The van der Waals surface area contributed by atoms with Gasteiger partial charge in [0.25, 0.3) is 5.91 Å². The van der Waals surface area contributed by atoms with Gasteiger partial charge < -0.3 is 10.4 Å². The molecule has 0 atom stereocenters. The van der Waals surface area contributed by atoms with E-state index in [0.29, 0.717) is 5.69 Å². The largest absolute Gasteiger partial charge is 0.506 e. The minimum atomic E-state index is -0.414. The highest BCUT2D eigenvalue weighted by molar-refractivity contribution is 6.32. The smallest absolute Gasteiger partial charge is 0.257 e. The van der Waals surface area contributed by atoms with Crippen LogP contribution >= 0.6 is 11.6 Å². The Morgan fingerprint density at radius 1 is 1.41 bits per heavy atom. The summed E-state index contributed by atoms with van der Waals surface area (Å²) in [5, 5.41) is 12.0. The molecule has 86 valence electrons. The number of hydrogen-bond acceptors (Lipinski definition) is 4. The van der Waals surface area contributed by atoms with Crippen LogP contribution in [0.2, 0.25) is 5.15 Å². The van der Waals surface area contributed by atoms with E-state index in [1.807, 2.05) is 0 Å². The molecule has 2 rings (SSSR count). The van der Waals surface area contributed by atoms with Gasteiger partial charge in [-0.1, -0.05) is 11.6 Å². The summed E-state index contributed by atoms with van der Waals surface area (Å²) in [5.74, 6) is -0.488. The van der Waals surface area contributed by atoms with Gasteiger partial charge in [0.05, 0.1) is 17.4 Å². The van der Waals surface area contributed by atoms with Crippen LogP contribution in [0.1, 0.15) is 10.4 Å². The van der Waals surface area contributed by atoms with Crippen LogP contribution < -0.4 is 5.32 Å². The second-order valence-corrected chi connectivity index (χ2v) is 3.59. The van der Waals surface area contributed by atoms with Gasteiger partial charge in [-0.25, -0.2) is 4.98 Å². The van der Waals surface area contributed by atoms with Crippen LogP contribution in [0.4, 0.5) is 5.69 Å². The molecule has 0 aliphatic carbocycles. The molecule has 0 saturated carbocycles. The van der Waals surface area contributed by atoms with Crippen molar-refractivity contribution in [2.24, 2.45) is 0 Å². The van der Waals surface area contributed by atoms with Gasteiger partial charge in [0.15, 0.2) is 5.15 Å². The number of nitrogens with one attached hydrogen (secondary N) is 1. The Morgan fingerprint density at radius 2 is 2.24 bits per heavy atom. The molecular formula is C11H8ClN3O2. The monoisotopic (exact) mass is 249 g/mol. The maximum atomic E-state index is 11.8. The summed E-state index contributed by atoms with van der Waals surface area (Å²) in [6, 6.07) is 4.60. The fourth-order valence-electron chi connectivity index (χ4n) is 1.23. The third-order valence-corrected chi connectivity index (χ3v) is 2.29. The first-order chi connectivity index (χ1) is 8.16. The number of amides is 1. The number of rotatable bonds is 2. The molecular weight excluding hydrogens is 242 g/mol. The SMILES string of the molecule is O=C(Nc1cccnc1Cl)c1cncc(O)c1. The summed E-state index contributed by atoms with van der Waals surface area (Å²) in [7, 11) is 0. The fraction of sp³-hybridized carbons (Fsp3) is 0. The second-order valence-electron chi connectivity index (χ2n) is 3.23. The molecule has 0 saturated heterocycles. The first-order valence-corrected chi connectivity index (χ1v) is 5.10. The Kier molecular flexibility index (Phi) is 3.20. The molecule has 5 nitrogen and oxygen atoms in total. The molecule has 0 aromatic carbocycles. The van der Waals surface area contributed by atoms with E-state index < -0.39 is 5.91 Å². The fourth-order valence-corrected chi connectivity index (χ4v) is 1.39. The number of aromatic hydroxyl groups is 1. The molecule has 1 amide bonds. The Balaban J connectivity index is 2.20. The quantitative estimate of drug-likeness (QED) is 0.799. The highest BCUT2D eigenvalue weighted by atomic mass is 35.5. The molecule has 2 heterocycles. The number of aromatic nitrogens is 2. The predicted molar refractivity (Wildman–Crippen MR) is 63.1 cm³/mol. The van der Waals surface area contributed by atoms with Crippen molar-refractivity contribution in [2.45, 2.75) is 0 Å². The molecule has 0 radical (unpaired) electrons. The van der Waals surface area contributed by atoms with Crippen LogP contribution in [0.3, 0.4) is 0 Å². The molecule has 0 fully saturated rings. The molecule has 0 aliphatic heterocycles. The van der Waals surface area contributed by atoms with E-state index in [4.69, 9.17) is 11.6 Å². The number of nitrogens with zero attached hydrogens (tertiary/aromatic N) is 2. The van der Waals surface area contributed by atoms with Crippen LogP contribution in [-0.2, 0) is 0 Å². The number of anilines is 1. The van der Waals surface area contributed by atoms with Gasteiger partial charge in [0.1, 0.15) is 5.75 Å². The van der Waals surface area contributed by atoms with Gasteiger partial charge >= 0.3 is 0 Å². The van der Waals surface area contributed by atoms with Gasteiger partial charge in [-0.15, -0.1) is 0 Å². The van der Waals surface area contributed by atoms with Gasteiger partial charge in [-0.05, 0) is 18.2 Å². The van der Waals surface area contributed by atoms with E-state index in [1.54, 1.807) is 12.1 Å². The maximum absolute atomic E-state index is 11.8. The number of halogens is 1. The zero-order chi connectivity index (χ0) is 12.3. The average molecular weight is 250 g/mol. The maximum Gasteiger partial charge on any atom is 0.257 e. The molecule has 0 aliphatic rings. The molecule has 0 unspecified atom stereocenters. The molecule has 0 bridgehead atoms. The van der Waals surface area contributed by atoms with Gasteiger partial charge in [-0.3, -0.25) is 9.78 Å². The summed E-state index contributed by atoms with van der Waals surface area (Å²) in [6.07, 6.45) is 4.11. The van der Waals surface area contributed by atoms with Crippen molar-refractivity contribution < 1.29 is 9.90 Å². The summed E-state index contributed by atoms with van der Waals surface area (Å²) in [6.45, 7) is 0. The van der Waals surface area contributed by atoms with Crippen molar-refractivity contribution in [1.82, 2.24) is 9.97 Å². The summed E-state index contributed by atoms with van der Waals surface area (Å²) in [4.78, 5) is 19.3. The predicted octanol–water partition coefficient (Wildman–Crippen LogP) is 2.09. The second kappa shape index (κ2) is 4.80. The van der Waals surface area contributed by atoms with E-state index >= 15 is 0 Å². The molecule has 0 spiro atoms. The summed E-state index contributed by atoms with van der Waals surface area (Å²) < 4.78 is 0. The number of hydrogen-bond donors (Lipinski definition) is 2. The lowest BCUT2D eigenvalue weighted by Gasteiger charge is -2.05. The highest BCUT2D eigenvalue weighted by Gasteiger charge is 2.09. The van der Waals surface area contributed by atoms with E-state index in [-0.39, 0.29) is 16.5 Å². The van der Waals surface area contributed by atoms with Crippen molar-refractivity contribution in [2.75, 3.05) is 5.32 Å². The molecule has 6 heteroatoms. The normalized spacial score (nSPS) is 9.94. The van der Waals surface area contributed by atoms with Crippen LogP contribution in [-0.4, -0.2) is 21.0 Å². The molecule has 17 heavy (non-hydrogen) atoms. The average Bonchev–Trinajstić information content (AvgIpc) is 2.32. The van der Waals surface area contributed by atoms with Crippen LogP contribution in [0.25, 0.3) is 0 Å².